The summed E-state index contributed by atoms with van der Waals surface area (Å²) < 4.78 is 6.88. The predicted octanol–water partition coefficient (Wildman–Crippen LogP) is 2.70. The molecule has 2 aromatic heterocycles. The summed E-state index contributed by atoms with van der Waals surface area (Å²) in [6.07, 6.45) is 4.45. The summed E-state index contributed by atoms with van der Waals surface area (Å²) in [5, 5.41) is 4.84. The van der Waals surface area contributed by atoms with Crippen molar-refractivity contribution in [2.75, 3.05) is 7.11 Å². The zero-order valence-electron chi connectivity index (χ0n) is 15.9. The molecule has 0 spiro atoms. The van der Waals surface area contributed by atoms with Gasteiger partial charge in [-0.2, -0.15) is 5.10 Å². The van der Waals surface area contributed by atoms with Crippen LogP contribution in [-0.2, 0) is 11.3 Å². The van der Waals surface area contributed by atoms with Crippen LogP contribution in [0.15, 0.2) is 48.7 Å². The van der Waals surface area contributed by atoms with E-state index in [1.54, 1.807) is 43.1 Å². The number of hydrogen-bond acceptors (Lipinski definition) is 4. The Morgan fingerprint density at radius 1 is 1.28 bits per heavy atom. The number of ether oxygens (including phenoxy) is 1. The zero-order valence-corrected chi connectivity index (χ0v) is 16.7. The molecular weight excluding hydrogens is 394 g/mol. The van der Waals surface area contributed by atoms with Crippen LogP contribution in [0.1, 0.15) is 27.3 Å². The van der Waals surface area contributed by atoms with Gasteiger partial charge in [-0.1, -0.05) is 23.7 Å². The predicted molar refractivity (Wildman–Crippen MR) is 110 cm³/mol. The van der Waals surface area contributed by atoms with E-state index in [2.05, 4.69) is 20.9 Å². The fourth-order valence-electron chi connectivity index (χ4n) is 2.66. The van der Waals surface area contributed by atoms with Crippen molar-refractivity contribution < 1.29 is 14.3 Å². The smallest absolute Gasteiger partial charge is 0.286 e. The number of amides is 2. The van der Waals surface area contributed by atoms with Crippen LogP contribution >= 0.6 is 11.6 Å². The zero-order chi connectivity index (χ0) is 20.8. The number of carbonyl (C=O) groups is 2. The summed E-state index contributed by atoms with van der Waals surface area (Å²) in [5.41, 5.74) is 7.25. The van der Waals surface area contributed by atoms with Gasteiger partial charge < -0.3 is 9.72 Å². The molecule has 3 N–H and O–H groups in total. The lowest BCUT2D eigenvalue weighted by atomic mass is 10.2. The maximum Gasteiger partial charge on any atom is 0.286 e. The second-order valence-corrected chi connectivity index (χ2v) is 6.52. The summed E-state index contributed by atoms with van der Waals surface area (Å²) in [6, 6.07) is 10.9. The van der Waals surface area contributed by atoms with Crippen LogP contribution in [0.2, 0.25) is 5.15 Å². The van der Waals surface area contributed by atoms with Crippen molar-refractivity contribution >= 4 is 29.5 Å². The van der Waals surface area contributed by atoms with Crippen LogP contribution in [0, 0.1) is 6.92 Å². The molecule has 0 unspecified atom stereocenters. The fourth-order valence-corrected chi connectivity index (χ4v) is 2.96. The molecule has 8 nitrogen and oxygen atoms in total. The summed E-state index contributed by atoms with van der Waals surface area (Å²) in [5.74, 6) is -0.196. The van der Waals surface area contributed by atoms with E-state index < -0.39 is 11.8 Å². The number of hydrogen-bond donors (Lipinski definition) is 3. The van der Waals surface area contributed by atoms with Gasteiger partial charge in [0.05, 0.1) is 19.3 Å². The molecule has 2 heterocycles. The lowest BCUT2D eigenvalue weighted by Gasteiger charge is -2.06. The second-order valence-electron chi connectivity index (χ2n) is 6.16. The SMILES string of the molecule is COc1cccc(Cn2nc(C)c(/C=C/C(=O)NNC(=O)c3ccc[nH]3)c2Cl)c1. The topological polar surface area (TPSA) is 101 Å². The van der Waals surface area contributed by atoms with Gasteiger partial charge in [0.2, 0.25) is 0 Å². The number of halogens is 1. The van der Waals surface area contributed by atoms with Crippen molar-refractivity contribution in [3.05, 3.63) is 76.3 Å². The van der Waals surface area contributed by atoms with Gasteiger partial charge in [-0.05, 0) is 42.8 Å². The number of H-pyrrole nitrogens is 1. The molecule has 3 aromatic rings. The molecule has 0 aliphatic heterocycles. The first-order valence-electron chi connectivity index (χ1n) is 8.75. The fraction of sp³-hybridized carbons (Fsp3) is 0.150. The Bertz CT molecular complexity index is 1040. The summed E-state index contributed by atoms with van der Waals surface area (Å²) in [7, 11) is 1.61. The molecule has 1 aromatic carbocycles. The number of rotatable bonds is 6. The number of aromatic amines is 1. The standard InChI is InChI=1S/C20H20ClN5O3/c1-13-16(8-9-18(27)23-24-20(28)17-7-4-10-22-17)19(21)26(25-13)12-14-5-3-6-15(11-14)29-2/h3-11,22H,12H2,1-2H3,(H,23,27)(H,24,28)/b9-8+. The molecule has 2 amide bonds. The van der Waals surface area contributed by atoms with E-state index in [0.29, 0.717) is 28.6 Å². The van der Waals surface area contributed by atoms with Crippen molar-refractivity contribution in [2.45, 2.75) is 13.5 Å². The highest BCUT2D eigenvalue weighted by molar-refractivity contribution is 6.31. The maximum absolute atomic E-state index is 12.0. The van der Waals surface area contributed by atoms with Gasteiger partial charge in [-0.3, -0.25) is 20.4 Å². The van der Waals surface area contributed by atoms with Crippen LogP contribution in [-0.4, -0.2) is 33.7 Å². The molecule has 0 aliphatic rings. The van der Waals surface area contributed by atoms with E-state index in [-0.39, 0.29) is 0 Å². The van der Waals surface area contributed by atoms with Gasteiger partial charge >= 0.3 is 0 Å². The maximum atomic E-state index is 12.0. The van der Waals surface area contributed by atoms with Crippen LogP contribution in [0.3, 0.4) is 0 Å². The number of benzene rings is 1. The molecule has 0 atom stereocenters. The first-order chi connectivity index (χ1) is 14.0. The van der Waals surface area contributed by atoms with E-state index in [1.807, 2.05) is 24.3 Å². The lowest BCUT2D eigenvalue weighted by molar-refractivity contribution is -0.117. The van der Waals surface area contributed by atoms with Crippen molar-refractivity contribution in [3.8, 4) is 5.75 Å². The van der Waals surface area contributed by atoms with Crippen LogP contribution in [0.25, 0.3) is 6.08 Å². The van der Waals surface area contributed by atoms with E-state index in [1.165, 1.54) is 6.08 Å². The van der Waals surface area contributed by atoms with E-state index in [9.17, 15) is 9.59 Å². The second kappa shape index (κ2) is 9.11. The number of methoxy groups -OCH3 is 1. The number of nitrogens with zero attached hydrogens (tertiary/aromatic N) is 2. The Labute approximate surface area is 172 Å². The highest BCUT2D eigenvalue weighted by atomic mass is 35.5. The average molecular weight is 414 g/mol. The van der Waals surface area contributed by atoms with E-state index in [4.69, 9.17) is 16.3 Å². The molecule has 0 saturated heterocycles. The van der Waals surface area contributed by atoms with Crippen molar-refractivity contribution in [1.29, 1.82) is 0 Å². The van der Waals surface area contributed by atoms with Crippen LogP contribution in [0.5, 0.6) is 5.75 Å². The molecule has 0 aliphatic carbocycles. The highest BCUT2D eigenvalue weighted by Crippen LogP contribution is 2.23. The molecule has 150 valence electrons. The van der Waals surface area contributed by atoms with E-state index >= 15 is 0 Å². The van der Waals surface area contributed by atoms with Crippen molar-refractivity contribution in [1.82, 2.24) is 25.6 Å². The van der Waals surface area contributed by atoms with Crippen molar-refractivity contribution in [2.24, 2.45) is 0 Å². The highest BCUT2D eigenvalue weighted by Gasteiger charge is 2.12. The first-order valence-corrected chi connectivity index (χ1v) is 9.13. The normalized spacial score (nSPS) is 10.9. The Hall–Kier alpha value is -3.52. The minimum absolute atomic E-state index is 0.340. The minimum Gasteiger partial charge on any atom is -0.497 e. The van der Waals surface area contributed by atoms with E-state index in [0.717, 1.165) is 11.3 Å². The molecular formula is C20H20ClN5O3. The Balaban J connectivity index is 1.64. The molecule has 9 heteroatoms. The molecule has 0 fully saturated rings. The Morgan fingerprint density at radius 2 is 2.10 bits per heavy atom. The number of hydrazine groups is 1. The molecule has 0 saturated carbocycles. The molecule has 3 rings (SSSR count). The number of nitrogens with one attached hydrogen (secondary N) is 3. The van der Waals surface area contributed by atoms with Gasteiger partial charge in [0.25, 0.3) is 11.8 Å². The quantitative estimate of drug-likeness (QED) is 0.427. The monoisotopic (exact) mass is 413 g/mol. The average Bonchev–Trinajstić information content (AvgIpc) is 3.34. The summed E-state index contributed by atoms with van der Waals surface area (Å²) >= 11 is 6.44. The first kappa shape index (κ1) is 20.2. The van der Waals surface area contributed by atoms with Gasteiger partial charge in [0.15, 0.2) is 0 Å². The largest absolute Gasteiger partial charge is 0.497 e. The molecule has 29 heavy (non-hydrogen) atoms. The van der Waals surface area contributed by atoms with Gasteiger partial charge in [-0.15, -0.1) is 0 Å². The van der Waals surface area contributed by atoms with Crippen LogP contribution in [0.4, 0.5) is 0 Å². The third-order valence-corrected chi connectivity index (χ3v) is 4.52. The van der Waals surface area contributed by atoms with Crippen LogP contribution < -0.4 is 15.6 Å². The van der Waals surface area contributed by atoms with Gasteiger partial charge in [-0.25, -0.2) is 4.68 Å². The summed E-state index contributed by atoms with van der Waals surface area (Å²) in [4.78, 5) is 26.5. The van der Waals surface area contributed by atoms with Gasteiger partial charge in [0, 0.05) is 17.8 Å². The molecule has 0 radical (unpaired) electrons. The number of aromatic nitrogens is 3. The number of carbonyl (C=O) groups excluding carboxylic acids is 2. The minimum atomic E-state index is -0.499. The van der Waals surface area contributed by atoms with Crippen molar-refractivity contribution in [3.63, 3.8) is 0 Å². The third-order valence-electron chi connectivity index (χ3n) is 4.12. The lowest BCUT2D eigenvalue weighted by Crippen LogP contribution is -2.40. The van der Waals surface area contributed by atoms with Gasteiger partial charge in [0.1, 0.15) is 16.6 Å². The molecule has 0 bridgehead atoms. The third kappa shape index (κ3) is 5.05. The number of aryl methyl sites for hydroxylation is 1. The Morgan fingerprint density at radius 3 is 2.83 bits per heavy atom. The Kier molecular flexibility index (Phi) is 6.36. The summed E-state index contributed by atoms with van der Waals surface area (Å²) in [6.45, 7) is 2.27.